The Kier molecular flexibility index (Phi) is 20.4. The third-order valence-electron chi connectivity index (χ3n) is 18.5. The van der Waals surface area contributed by atoms with Crippen molar-refractivity contribution in [1.82, 2.24) is 45.0 Å². The number of ether oxygens (including phenoxy) is 3. The quantitative estimate of drug-likeness (QED) is 0.0514. The number of methoxy groups -OCH3 is 1. The van der Waals surface area contributed by atoms with Gasteiger partial charge >= 0.3 is 0 Å². The lowest BCUT2D eigenvalue weighted by molar-refractivity contribution is -0.200. The number of nitrogens with zero attached hydrogens (tertiary/aromatic N) is 9. The number of rotatable bonds is 26. The van der Waals surface area contributed by atoms with Gasteiger partial charge in [0.05, 0.1) is 79.6 Å². The molecule has 6 aliphatic rings. The van der Waals surface area contributed by atoms with Crippen LogP contribution in [0.4, 0.5) is 11.4 Å². The Bertz CT molecular complexity index is 2750. The minimum absolute atomic E-state index is 0.0223. The van der Waals surface area contributed by atoms with E-state index in [1.54, 1.807) is 7.11 Å². The first-order valence-electron chi connectivity index (χ1n) is 31.2. The number of pyridine rings is 2. The normalized spacial score (nSPS) is 22.0. The summed E-state index contributed by atoms with van der Waals surface area (Å²) in [6.45, 7) is 35.4. The van der Waals surface area contributed by atoms with E-state index in [0.29, 0.717) is 38.9 Å². The molecule has 8 heterocycles. The Morgan fingerprint density at radius 2 is 1.76 bits per heavy atom. The Morgan fingerprint density at radius 3 is 2.39 bits per heavy atom. The number of aliphatic hydroxyl groups excluding tert-OH is 1. The minimum Gasteiger partial charge on any atom is -0.467 e. The average molecular weight is 1130 g/mol. The van der Waals surface area contributed by atoms with Crippen LogP contribution >= 0.6 is 0 Å². The van der Waals surface area contributed by atoms with Gasteiger partial charge in [0, 0.05) is 136 Å². The molecular weight excluding hydrogens is 1030 g/mol. The van der Waals surface area contributed by atoms with Crippen LogP contribution in [0.3, 0.4) is 0 Å². The van der Waals surface area contributed by atoms with Crippen LogP contribution in [-0.4, -0.2) is 181 Å². The zero-order valence-corrected chi connectivity index (χ0v) is 51.4. The first-order valence-corrected chi connectivity index (χ1v) is 31.2. The van der Waals surface area contributed by atoms with Crippen LogP contribution in [0.2, 0.25) is 0 Å². The first kappa shape index (κ1) is 61.4. The van der Waals surface area contributed by atoms with Gasteiger partial charge in [-0.25, -0.2) is 5.43 Å². The fraction of sp³-hybridized carbons (Fsp3) is 0.662. The molecule has 1 spiro atoms. The molecule has 1 amide bonds. The molecule has 5 aliphatic heterocycles. The zero-order chi connectivity index (χ0) is 58.3. The van der Waals surface area contributed by atoms with Gasteiger partial charge in [-0.2, -0.15) is 0 Å². The molecule has 3 N–H and O–H groups in total. The van der Waals surface area contributed by atoms with Gasteiger partial charge in [0.15, 0.2) is 0 Å². The second-order valence-corrected chi connectivity index (χ2v) is 25.4. The van der Waals surface area contributed by atoms with Crippen molar-refractivity contribution in [3.05, 3.63) is 84.1 Å². The van der Waals surface area contributed by atoms with E-state index in [9.17, 15) is 9.90 Å². The molecule has 3 aromatic heterocycles. The number of aliphatic hydroxyl groups is 1. The van der Waals surface area contributed by atoms with Gasteiger partial charge in [-0.15, -0.1) is 0 Å². The van der Waals surface area contributed by atoms with Crippen molar-refractivity contribution < 1.29 is 28.9 Å². The Labute approximate surface area is 490 Å². The molecule has 450 valence electrons. The number of likely N-dealkylation sites (tertiary alicyclic amines) is 2. The summed E-state index contributed by atoms with van der Waals surface area (Å²) in [6, 6.07) is 15.4. The van der Waals surface area contributed by atoms with Crippen LogP contribution in [0.1, 0.15) is 136 Å². The van der Waals surface area contributed by atoms with E-state index < -0.39 is 11.5 Å². The molecule has 0 radical (unpaired) electrons. The number of benzene rings is 1. The smallest absolute Gasteiger partial charge is 0.293 e. The van der Waals surface area contributed by atoms with Crippen LogP contribution in [0.15, 0.2) is 67.1 Å². The maximum atomic E-state index is 15.4. The van der Waals surface area contributed by atoms with Gasteiger partial charge in [-0.05, 0) is 127 Å². The number of nitrogens with one attached hydrogen (secondary N) is 2. The number of fused-ring (bicyclic) bond motifs is 1. The Hall–Kier alpha value is -5.14. The molecular formula is C65H99N11O6. The third-order valence-corrected chi connectivity index (χ3v) is 18.5. The van der Waals surface area contributed by atoms with Gasteiger partial charge in [-0.3, -0.25) is 34.3 Å². The van der Waals surface area contributed by atoms with E-state index in [4.69, 9.17) is 30.8 Å². The van der Waals surface area contributed by atoms with Crippen molar-refractivity contribution >= 4 is 34.7 Å². The summed E-state index contributed by atoms with van der Waals surface area (Å²) in [4.78, 5) is 49.6. The van der Waals surface area contributed by atoms with Crippen molar-refractivity contribution in [3.8, 4) is 11.3 Å². The summed E-state index contributed by atoms with van der Waals surface area (Å²) in [5, 5.41) is 18.0. The highest BCUT2D eigenvalue weighted by atomic mass is 16.5. The van der Waals surface area contributed by atoms with Crippen LogP contribution in [0, 0.1) is 16.7 Å². The van der Waals surface area contributed by atoms with Gasteiger partial charge in [0.2, 0.25) is 5.91 Å². The molecule has 4 aromatic rings. The minimum atomic E-state index is -0.417. The van der Waals surface area contributed by atoms with Crippen molar-refractivity contribution in [3.63, 3.8) is 0 Å². The highest BCUT2D eigenvalue weighted by Crippen LogP contribution is 2.45. The largest absolute Gasteiger partial charge is 0.467 e. The number of hydrazine groups is 1. The van der Waals surface area contributed by atoms with Crippen molar-refractivity contribution in [2.24, 2.45) is 16.7 Å². The summed E-state index contributed by atoms with van der Waals surface area (Å²) < 4.78 is 19.9. The summed E-state index contributed by atoms with van der Waals surface area (Å²) in [6.07, 6.45) is 11.6. The number of amides is 1. The molecule has 17 heteroatoms. The van der Waals surface area contributed by atoms with Crippen molar-refractivity contribution in [1.29, 1.82) is 0 Å². The standard InChI is InChI=1S/C63H93N11O6.C2H6/c1-10-72-54-21-20-48(33-50(54)52(35-62(7,8)39-80-42-76)60(72)51-34-49(36-65-58(51)46(6)78-9)70-29-27-69(28-30-70)47-18-19-47)68(31-32-75)26-22-56(71-37-63(38-71)40-79-41-63)57(45(5)74-25-13-15-44(4)67-74)66-61(77)59(43(2)3)73-24-14-17-55(73)53-16-11-12-23-64-53;1-2/h11-12,16,20-21,23,33-34,36,42-44,46-47,55-57,59,67,75H,5,10,13-15,17-19,22,24-32,35,37-41H2,1-4,6-9H3,(H,66,77);1-2H3/t44?,46?,55-,56?,57?,59?;/m1./s1. The van der Waals surface area contributed by atoms with E-state index >= 15 is 4.79 Å². The lowest BCUT2D eigenvalue weighted by atomic mass is 9.76. The van der Waals surface area contributed by atoms with Crippen LogP contribution < -0.4 is 20.5 Å². The van der Waals surface area contributed by atoms with E-state index in [1.165, 1.54) is 12.8 Å². The fourth-order valence-corrected chi connectivity index (χ4v) is 14.1. The number of hydrogen-bond acceptors (Lipinski definition) is 15. The number of anilines is 2. The number of piperazine rings is 1. The number of aryl methyl sites for hydroxylation is 1. The summed E-state index contributed by atoms with van der Waals surface area (Å²) in [5.74, 6) is 0.0716. The van der Waals surface area contributed by atoms with Gasteiger partial charge in [-0.1, -0.05) is 54.2 Å². The van der Waals surface area contributed by atoms with E-state index in [2.05, 4.69) is 124 Å². The third kappa shape index (κ3) is 13.5. The van der Waals surface area contributed by atoms with Crippen LogP contribution in [-0.2, 0) is 36.8 Å². The second-order valence-electron chi connectivity index (χ2n) is 25.4. The molecule has 5 unspecified atom stereocenters. The lowest BCUT2D eigenvalue weighted by Gasteiger charge is -2.59. The van der Waals surface area contributed by atoms with E-state index in [0.717, 1.165) is 153 Å². The molecule has 0 bridgehead atoms. The summed E-state index contributed by atoms with van der Waals surface area (Å²) >= 11 is 0. The predicted molar refractivity (Wildman–Crippen MR) is 328 cm³/mol. The summed E-state index contributed by atoms with van der Waals surface area (Å²) in [5.41, 5.74) is 12.7. The number of aromatic nitrogens is 3. The molecule has 6 fully saturated rings. The van der Waals surface area contributed by atoms with E-state index in [-0.39, 0.29) is 60.7 Å². The first-order chi connectivity index (χ1) is 39.6. The van der Waals surface area contributed by atoms with Gasteiger partial charge in [0.25, 0.3) is 6.47 Å². The summed E-state index contributed by atoms with van der Waals surface area (Å²) in [7, 11) is 1.75. The highest BCUT2D eigenvalue weighted by Gasteiger charge is 2.53. The molecule has 17 nitrogen and oxygen atoms in total. The van der Waals surface area contributed by atoms with Crippen molar-refractivity contribution in [2.45, 2.75) is 163 Å². The average Bonchev–Trinajstić information content (AvgIpc) is 4.33. The highest BCUT2D eigenvalue weighted by molar-refractivity contribution is 5.95. The molecule has 5 saturated heterocycles. The van der Waals surface area contributed by atoms with Crippen LogP contribution in [0.5, 0.6) is 0 Å². The maximum Gasteiger partial charge on any atom is 0.293 e. The molecule has 82 heavy (non-hydrogen) atoms. The zero-order valence-electron chi connectivity index (χ0n) is 51.4. The van der Waals surface area contributed by atoms with E-state index in [1.807, 2.05) is 38.4 Å². The SMILES string of the molecule is C=C(C(NC(=O)C(C(C)C)N1CCC[C@@H]1c1ccccn1)C(CCN(CCO)c1ccc2c(c1)c(CC(C)(C)COC=O)c(-c1cc(N3CCN(C4CC4)CC3)cnc1C(C)OC)n2CC)N1CC2(COC2)C1)N1CCCC(C)N1.CC. The predicted octanol–water partition coefficient (Wildman–Crippen LogP) is 8.62. The molecule has 6 atom stereocenters. The second kappa shape index (κ2) is 27.3. The molecule has 1 aliphatic carbocycles. The monoisotopic (exact) mass is 1130 g/mol. The number of hydrogen-bond donors (Lipinski definition) is 3. The molecule has 1 saturated carbocycles. The Morgan fingerprint density at radius 1 is 1.00 bits per heavy atom. The Balaban J connectivity index is 0.00000401. The fourth-order valence-electron chi connectivity index (χ4n) is 14.1. The van der Waals surface area contributed by atoms with Gasteiger partial charge in [0.1, 0.15) is 0 Å². The maximum absolute atomic E-state index is 15.4. The molecule has 10 rings (SSSR count). The van der Waals surface area contributed by atoms with Gasteiger partial charge < -0.3 is 44.0 Å². The number of carbonyl (C=O) groups is 2. The molecule has 1 aromatic carbocycles. The lowest BCUT2D eigenvalue weighted by Crippen LogP contribution is -2.71. The number of carbonyl (C=O) groups excluding carboxylic acids is 2. The van der Waals surface area contributed by atoms with Crippen LogP contribution in [0.25, 0.3) is 22.2 Å². The van der Waals surface area contributed by atoms with Crippen molar-refractivity contribution in [2.75, 3.05) is 109 Å². The topological polar surface area (TPSA) is 156 Å².